The Bertz CT molecular complexity index is 275. The summed E-state index contributed by atoms with van der Waals surface area (Å²) in [5, 5.41) is 9.04. The van der Waals surface area contributed by atoms with Crippen molar-refractivity contribution in [2.45, 2.75) is 33.1 Å². The van der Waals surface area contributed by atoms with Gasteiger partial charge in [-0.1, -0.05) is 26.0 Å². The average Bonchev–Trinajstić information content (AvgIpc) is 2.20. The molecule has 15 heavy (non-hydrogen) atoms. The lowest BCUT2D eigenvalue weighted by molar-refractivity contribution is -0.137. The van der Waals surface area contributed by atoms with E-state index in [1.54, 1.807) is 0 Å². The highest BCUT2D eigenvalue weighted by atomic mass is 19.4. The van der Waals surface area contributed by atoms with Crippen molar-refractivity contribution in [3.63, 3.8) is 0 Å². The van der Waals surface area contributed by atoms with Crippen molar-refractivity contribution in [1.82, 2.24) is 0 Å². The highest BCUT2D eigenvalue weighted by Crippen LogP contribution is 2.29. The number of rotatable bonds is 1. The molecule has 1 aromatic carbocycles. The maximum absolute atomic E-state index is 12.1. The second-order valence-corrected chi connectivity index (χ2v) is 2.80. The third-order valence-corrected chi connectivity index (χ3v) is 1.72. The van der Waals surface area contributed by atoms with Crippen LogP contribution in [0.3, 0.4) is 0 Å². The molecule has 1 rings (SSSR count). The quantitative estimate of drug-likeness (QED) is 0.763. The van der Waals surface area contributed by atoms with Gasteiger partial charge in [0.1, 0.15) is 0 Å². The first-order valence-corrected chi connectivity index (χ1v) is 4.76. The summed E-state index contributed by atoms with van der Waals surface area (Å²) < 4.78 is 36.2. The Hall–Kier alpha value is -1.03. The minimum atomic E-state index is -4.31. The van der Waals surface area contributed by atoms with Crippen molar-refractivity contribution in [3.8, 4) is 0 Å². The van der Waals surface area contributed by atoms with Crippen LogP contribution in [0, 0.1) is 0 Å². The fourth-order valence-electron chi connectivity index (χ4n) is 0.951. The summed E-state index contributed by atoms with van der Waals surface area (Å²) in [6.07, 6.45) is -5.04. The molecule has 0 aliphatic heterocycles. The van der Waals surface area contributed by atoms with Gasteiger partial charge in [-0.2, -0.15) is 13.2 Å². The molecule has 0 amide bonds. The van der Waals surface area contributed by atoms with Gasteiger partial charge in [0, 0.05) is 0 Å². The number of hydrogen-bond acceptors (Lipinski definition) is 1. The van der Waals surface area contributed by atoms with Gasteiger partial charge in [-0.05, 0) is 24.6 Å². The van der Waals surface area contributed by atoms with Crippen molar-refractivity contribution < 1.29 is 18.3 Å². The van der Waals surface area contributed by atoms with E-state index in [1.165, 1.54) is 19.1 Å². The molecule has 0 heterocycles. The first-order chi connectivity index (χ1) is 6.91. The van der Waals surface area contributed by atoms with Crippen LogP contribution >= 0.6 is 0 Å². The molecule has 0 aromatic heterocycles. The Morgan fingerprint density at radius 3 is 1.73 bits per heavy atom. The van der Waals surface area contributed by atoms with Crippen molar-refractivity contribution in [2.24, 2.45) is 0 Å². The van der Waals surface area contributed by atoms with Crippen LogP contribution in [0.25, 0.3) is 0 Å². The normalized spacial score (nSPS) is 12.7. The maximum atomic E-state index is 12.1. The van der Waals surface area contributed by atoms with Crippen LogP contribution in [-0.4, -0.2) is 5.11 Å². The molecule has 0 spiro atoms. The Balaban J connectivity index is 0.000000921. The standard InChI is InChI=1S/C9H9F3O.C2H6/c1-6(13)7-2-4-8(5-3-7)9(10,11)12;1-2/h2-6,13H,1H3;1-2H3. The van der Waals surface area contributed by atoms with Gasteiger partial charge in [-0.15, -0.1) is 0 Å². The van der Waals surface area contributed by atoms with Crippen molar-refractivity contribution >= 4 is 0 Å². The Kier molecular flexibility index (Phi) is 5.36. The zero-order chi connectivity index (χ0) is 12.1. The van der Waals surface area contributed by atoms with E-state index < -0.39 is 17.8 Å². The van der Waals surface area contributed by atoms with Crippen molar-refractivity contribution in [2.75, 3.05) is 0 Å². The molecule has 0 bridgehead atoms. The van der Waals surface area contributed by atoms with Gasteiger partial charge >= 0.3 is 6.18 Å². The van der Waals surface area contributed by atoms with Gasteiger partial charge in [0.15, 0.2) is 0 Å². The van der Waals surface area contributed by atoms with Gasteiger partial charge < -0.3 is 5.11 Å². The fraction of sp³-hybridized carbons (Fsp3) is 0.455. The number of benzene rings is 1. The maximum Gasteiger partial charge on any atom is 0.416 e. The molecule has 0 saturated carbocycles. The summed E-state index contributed by atoms with van der Waals surface area (Å²) in [7, 11) is 0. The summed E-state index contributed by atoms with van der Waals surface area (Å²) in [4.78, 5) is 0. The van der Waals surface area contributed by atoms with Crippen LogP contribution in [0.5, 0.6) is 0 Å². The first-order valence-electron chi connectivity index (χ1n) is 4.76. The molecule has 0 saturated heterocycles. The van der Waals surface area contributed by atoms with Crippen LogP contribution in [-0.2, 0) is 6.18 Å². The second-order valence-electron chi connectivity index (χ2n) is 2.80. The molecular weight excluding hydrogens is 205 g/mol. The van der Waals surface area contributed by atoms with Crippen molar-refractivity contribution in [3.05, 3.63) is 35.4 Å². The molecule has 86 valence electrons. The van der Waals surface area contributed by atoms with E-state index in [0.29, 0.717) is 5.56 Å². The lowest BCUT2D eigenvalue weighted by Gasteiger charge is -2.08. The van der Waals surface area contributed by atoms with Crippen LogP contribution in [0.1, 0.15) is 38.0 Å². The number of aliphatic hydroxyl groups is 1. The molecule has 0 radical (unpaired) electrons. The monoisotopic (exact) mass is 220 g/mol. The zero-order valence-corrected chi connectivity index (χ0v) is 8.97. The molecule has 0 aliphatic carbocycles. The van der Waals surface area contributed by atoms with Crippen molar-refractivity contribution in [1.29, 1.82) is 0 Å². The number of aliphatic hydroxyl groups excluding tert-OH is 1. The molecular formula is C11H15F3O. The average molecular weight is 220 g/mol. The summed E-state index contributed by atoms with van der Waals surface area (Å²) in [5.41, 5.74) is -0.218. The number of halogens is 3. The van der Waals surface area contributed by atoms with Gasteiger partial charge in [-0.25, -0.2) is 0 Å². The highest BCUT2D eigenvalue weighted by molar-refractivity contribution is 5.25. The number of hydrogen-bond donors (Lipinski definition) is 1. The molecule has 0 fully saturated rings. The highest BCUT2D eigenvalue weighted by Gasteiger charge is 2.29. The summed E-state index contributed by atoms with van der Waals surface area (Å²) in [6, 6.07) is 4.46. The Morgan fingerprint density at radius 1 is 1.07 bits per heavy atom. The molecule has 1 atom stereocenters. The lowest BCUT2D eigenvalue weighted by Crippen LogP contribution is -2.04. The second kappa shape index (κ2) is 5.75. The third kappa shape index (κ3) is 4.34. The summed E-state index contributed by atoms with van der Waals surface area (Å²) >= 11 is 0. The topological polar surface area (TPSA) is 20.2 Å². The SMILES string of the molecule is CC.CC(O)c1ccc(C(F)(F)F)cc1. The number of alkyl halides is 3. The van der Waals surface area contributed by atoms with Gasteiger partial charge in [0.05, 0.1) is 11.7 Å². The van der Waals surface area contributed by atoms with E-state index in [9.17, 15) is 13.2 Å². The smallest absolute Gasteiger partial charge is 0.389 e. The zero-order valence-electron chi connectivity index (χ0n) is 8.97. The molecule has 0 aliphatic rings. The van der Waals surface area contributed by atoms with Gasteiger partial charge in [0.2, 0.25) is 0 Å². The van der Waals surface area contributed by atoms with E-state index in [-0.39, 0.29) is 0 Å². The van der Waals surface area contributed by atoms with Crippen LogP contribution in [0.4, 0.5) is 13.2 Å². The minimum Gasteiger partial charge on any atom is -0.389 e. The van der Waals surface area contributed by atoms with Crippen LogP contribution in [0.15, 0.2) is 24.3 Å². The predicted molar refractivity (Wildman–Crippen MR) is 53.4 cm³/mol. The van der Waals surface area contributed by atoms with Crippen LogP contribution in [0.2, 0.25) is 0 Å². The molecule has 1 nitrogen and oxygen atoms in total. The van der Waals surface area contributed by atoms with E-state index in [2.05, 4.69) is 0 Å². The summed E-state index contributed by atoms with van der Waals surface area (Å²) in [6.45, 7) is 5.50. The minimum absolute atomic E-state index is 0.480. The first kappa shape index (κ1) is 14.0. The van der Waals surface area contributed by atoms with Crippen LogP contribution < -0.4 is 0 Å². The van der Waals surface area contributed by atoms with E-state index in [1.807, 2.05) is 13.8 Å². The molecule has 1 N–H and O–H groups in total. The van der Waals surface area contributed by atoms with Gasteiger partial charge in [-0.3, -0.25) is 0 Å². The Morgan fingerprint density at radius 2 is 1.47 bits per heavy atom. The Labute approximate surface area is 87.6 Å². The largest absolute Gasteiger partial charge is 0.416 e. The van der Waals surface area contributed by atoms with E-state index >= 15 is 0 Å². The fourth-order valence-corrected chi connectivity index (χ4v) is 0.951. The molecule has 1 aromatic rings. The molecule has 4 heteroatoms. The predicted octanol–water partition coefficient (Wildman–Crippen LogP) is 3.78. The van der Waals surface area contributed by atoms with Gasteiger partial charge in [0.25, 0.3) is 0 Å². The lowest BCUT2D eigenvalue weighted by atomic mass is 10.1. The van der Waals surface area contributed by atoms with E-state index in [4.69, 9.17) is 5.11 Å². The third-order valence-electron chi connectivity index (χ3n) is 1.72. The summed E-state index contributed by atoms with van der Waals surface area (Å²) in [5.74, 6) is 0. The molecule has 1 unspecified atom stereocenters. The van der Waals surface area contributed by atoms with E-state index in [0.717, 1.165) is 12.1 Å².